The number of carboxylic acids is 1. The van der Waals surface area contributed by atoms with Crippen molar-refractivity contribution in [1.29, 1.82) is 0 Å². The van der Waals surface area contributed by atoms with Gasteiger partial charge in [0.1, 0.15) is 0 Å². The van der Waals surface area contributed by atoms with E-state index < -0.39 is 5.97 Å². The first-order chi connectivity index (χ1) is 8.95. The number of thiophene rings is 1. The fraction of sp³-hybridized carbons (Fsp3) is 0.385. The molecule has 0 bridgehead atoms. The number of carbonyl (C=O) groups excluding carboxylic acids is 1. The van der Waals surface area contributed by atoms with Gasteiger partial charge in [0.15, 0.2) is 0 Å². The number of aliphatic carboxylic acids is 1. The summed E-state index contributed by atoms with van der Waals surface area (Å²) in [6, 6.07) is 3.37. The van der Waals surface area contributed by atoms with Gasteiger partial charge >= 0.3 is 5.97 Å². The van der Waals surface area contributed by atoms with E-state index in [1.54, 1.807) is 17.0 Å². The highest BCUT2D eigenvalue weighted by Crippen LogP contribution is 2.20. The van der Waals surface area contributed by atoms with Gasteiger partial charge < -0.3 is 15.1 Å². The smallest absolute Gasteiger partial charge is 0.328 e. The predicted molar refractivity (Wildman–Crippen MR) is 74.2 cm³/mol. The van der Waals surface area contributed by atoms with Crippen molar-refractivity contribution >= 4 is 29.3 Å². The van der Waals surface area contributed by atoms with Gasteiger partial charge in [-0.15, -0.1) is 11.3 Å². The third-order valence-electron chi connectivity index (χ3n) is 2.45. The first kappa shape index (κ1) is 15.4. The molecule has 1 aromatic heterocycles. The van der Waals surface area contributed by atoms with Crippen LogP contribution >= 0.6 is 11.3 Å². The number of rotatable bonds is 6. The molecule has 0 aromatic carbocycles. The lowest BCUT2D eigenvalue weighted by molar-refractivity contribution is -0.131. The number of nitrogens with zero attached hydrogens (tertiary/aromatic N) is 1. The quantitative estimate of drug-likeness (QED) is 0.779. The van der Waals surface area contributed by atoms with Gasteiger partial charge in [-0.05, 0) is 32.1 Å². The molecule has 0 aliphatic rings. The molecule has 0 aliphatic heterocycles. The molecular formula is C13H17NO4S. The molecular weight excluding hydrogens is 266 g/mol. The molecule has 0 fully saturated rings. The molecule has 1 heterocycles. The van der Waals surface area contributed by atoms with Gasteiger partial charge in [-0.3, -0.25) is 4.79 Å². The van der Waals surface area contributed by atoms with Crippen molar-refractivity contribution in [1.82, 2.24) is 4.90 Å². The van der Waals surface area contributed by atoms with Crippen LogP contribution in [0.1, 0.15) is 28.4 Å². The van der Waals surface area contributed by atoms with Crippen molar-refractivity contribution in [2.45, 2.75) is 19.9 Å². The van der Waals surface area contributed by atoms with Gasteiger partial charge in [-0.2, -0.15) is 0 Å². The SMILES string of the molecule is CC(C)N(CCO)C(=O)c1ccc(C=CC(=O)O)s1. The standard InChI is InChI=1S/C13H17NO4S/c1-9(2)14(7-8-15)13(18)11-5-3-10(19-11)4-6-12(16)17/h3-6,9,15H,7-8H2,1-2H3,(H,16,17). The van der Waals surface area contributed by atoms with Crippen LogP contribution in [0.15, 0.2) is 18.2 Å². The Bertz CT molecular complexity index is 479. The lowest BCUT2D eigenvalue weighted by atomic mass is 10.3. The Labute approximate surface area is 115 Å². The van der Waals surface area contributed by atoms with Crippen molar-refractivity contribution in [2.75, 3.05) is 13.2 Å². The number of amides is 1. The van der Waals surface area contributed by atoms with E-state index in [1.165, 1.54) is 17.4 Å². The Balaban J connectivity index is 2.85. The predicted octanol–water partition coefficient (Wildman–Crippen LogP) is 1.69. The van der Waals surface area contributed by atoms with E-state index in [0.29, 0.717) is 9.75 Å². The fourth-order valence-corrected chi connectivity index (χ4v) is 2.42. The minimum absolute atomic E-state index is 0.000221. The summed E-state index contributed by atoms with van der Waals surface area (Å²) in [7, 11) is 0. The maximum absolute atomic E-state index is 12.2. The second-order valence-electron chi connectivity index (χ2n) is 4.19. The maximum atomic E-state index is 12.2. The molecule has 0 saturated carbocycles. The summed E-state index contributed by atoms with van der Waals surface area (Å²) in [5.74, 6) is -1.17. The summed E-state index contributed by atoms with van der Waals surface area (Å²) in [6.07, 6.45) is 2.49. The second kappa shape index (κ2) is 7.06. The van der Waals surface area contributed by atoms with Crippen LogP contribution in [-0.4, -0.2) is 46.2 Å². The molecule has 0 unspecified atom stereocenters. The highest BCUT2D eigenvalue weighted by Gasteiger charge is 2.19. The molecule has 1 aromatic rings. The Morgan fingerprint density at radius 1 is 1.42 bits per heavy atom. The van der Waals surface area contributed by atoms with Gasteiger partial charge in [0.05, 0.1) is 11.5 Å². The summed E-state index contributed by atoms with van der Waals surface area (Å²) in [5, 5.41) is 17.5. The minimum Gasteiger partial charge on any atom is -0.478 e. The second-order valence-corrected chi connectivity index (χ2v) is 5.30. The molecule has 19 heavy (non-hydrogen) atoms. The van der Waals surface area contributed by atoms with E-state index in [0.717, 1.165) is 6.08 Å². The highest BCUT2D eigenvalue weighted by atomic mass is 32.1. The average molecular weight is 283 g/mol. The molecule has 0 aliphatic carbocycles. The van der Waals surface area contributed by atoms with Gasteiger partial charge in [0, 0.05) is 23.5 Å². The van der Waals surface area contributed by atoms with Crippen LogP contribution in [0.5, 0.6) is 0 Å². The molecule has 6 heteroatoms. The Hall–Kier alpha value is -1.66. The largest absolute Gasteiger partial charge is 0.478 e. The third-order valence-corrected chi connectivity index (χ3v) is 3.49. The Morgan fingerprint density at radius 2 is 2.11 bits per heavy atom. The zero-order valence-electron chi connectivity index (χ0n) is 10.9. The number of aliphatic hydroxyl groups excluding tert-OH is 1. The zero-order valence-corrected chi connectivity index (χ0v) is 11.7. The lowest BCUT2D eigenvalue weighted by Gasteiger charge is -2.25. The molecule has 1 rings (SSSR count). The summed E-state index contributed by atoms with van der Waals surface area (Å²) in [5.41, 5.74) is 0. The maximum Gasteiger partial charge on any atom is 0.328 e. The number of carboxylic acid groups (broad SMARTS) is 1. The van der Waals surface area contributed by atoms with Crippen molar-refractivity contribution in [3.63, 3.8) is 0 Å². The van der Waals surface area contributed by atoms with Crippen molar-refractivity contribution < 1.29 is 19.8 Å². The van der Waals surface area contributed by atoms with Gasteiger partial charge in [0.25, 0.3) is 5.91 Å². The van der Waals surface area contributed by atoms with Crippen molar-refractivity contribution in [3.8, 4) is 0 Å². The van der Waals surface area contributed by atoms with Crippen LogP contribution in [-0.2, 0) is 4.79 Å². The van der Waals surface area contributed by atoms with E-state index in [4.69, 9.17) is 10.2 Å². The van der Waals surface area contributed by atoms with Gasteiger partial charge in [-0.1, -0.05) is 0 Å². The zero-order chi connectivity index (χ0) is 14.4. The summed E-state index contributed by atoms with van der Waals surface area (Å²) in [6.45, 7) is 3.97. The minimum atomic E-state index is -1.02. The van der Waals surface area contributed by atoms with Crippen LogP contribution in [0.3, 0.4) is 0 Å². The summed E-state index contributed by atoms with van der Waals surface area (Å²) in [4.78, 5) is 25.4. The first-order valence-corrected chi connectivity index (χ1v) is 6.70. The van der Waals surface area contributed by atoms with Crippen LogP contribution in [0.4, 0.5) is 0 Å². The molecule has 0 spiro atoms. The van der Waals surface area contributed by atoms with E-state index in [-0.39, 0.29) is 25.1 Å². The Morgan fingerprint density at radius 3 is 2.63 bits per heavy atom. The monoisotopic (exact) mass is 283 g/mol. The normalized spacial score (nSPS) is 11.2. The highest BCUT2D eigenvalue weighted by molar-refractivity contribution is 7.14. The molecule has 1 amide bonds. The van der Waals surface area contributed by atoms with E-state index in [9.17, 15) is 9.59 Å². The summed E-state index contributed by atoms with van der Waals surface area (Å²) >= 11 is 1.23. The molecule has 0 atom stereocenters. The van der Waals surface area contributed by atoms with E-state index >= 15 is 0 Å². The number of carbonyl (C=O) groups is 2. The molecule has 2 N–H and O–H groups in total. The number of hydrogen-bond acceptors (Lipinski definition) is 4. The number of hydrogen-bond donors (Lipinski definition) is 2. The van der Waals surface area contributed by atoms with Crippen LogP contribution < -0.4 is 0 Å². The lowest BCUT2D eigenvalue weighted by Crippen LogP contribution is -2.38. The van der Waals surface area contributed by atoms with Gasteiger partial charge in [0.2, 0.25) is 0 Å². The molecule has 5 nitrogen and oxygen atoms in total. The molecule has 0 radical (unpaired) electrons. The van der Waals surface area contributed by atoms with Crippen LogP contribution in [0.2, 0.25) is 0 Å². The average Bonchev–Trinajstić information content (AvgIpc) is 2.81. The fourth-order valence-electron chi connectivity index (χ4n) is 1.55. The van der Waals surface area contributed by atoms with E-state index in [2.05, 4.69) is 0 Å². The first-order valence-electron chi connectivity index (χ1n) is 5.88. The topological polar surface area (TPSA) is 77.8 Å². The number of aliphatic hydroxyl groups is 1. The van der Waals surface area contributed by atoms with Crippen molar-refractivity contribution in [2.24, 2.45) is 0 Å². The van der Waals surface area contributed by atoms with Gasteiger partial charge in [-0.25, -0.2) is 4.79 Å². The Kier molecular flexibility index (Phi) is 5.72. The third kappa shape index (κ3) is 4.50. The van der Waals surface area contributed by atoms with Crippen LogP contribution in [0, 0.1) is 0 Å². The molecule has 0 saturated heterocycles. The van der Waals surface area contributed by atoms with E-state index in [1.807, 2.05) is 13.8 Å². The summed E-state index contributed by atoms with van der Waals surface area (Å²) < 4.78 is 0. The molecule has 104 valence electrons. The van der Waals surface area contributed by atoms with Crippen molar-refractivity contribution in [3.05, 3.63) is 28.0 Å². The van der Waals surface area contributed by atoms with Crippen LogP contribution in [0.25, 0.3) is 6.08 Å².